The van der Waals surface area contributed by atoms with Gasteiger partial charge in [0.15, 0.2) is 6.29 Å². The first kappa shape index (κ1) is 6.96. The molecule has 0 radical (unpaired) electrons. The second-order valence-electron chi connectivity index (χ2n) is 2.65. The number of rotatable bonds is 0. The Kier molecular flexibility index (Phi) is 1.24. The molecule has 0 spiro atoms. The van der Waals surface area contributed by atoms with Gasteiger partial charge in [0.25, 0.3) is 0 Å². The van der Waals surface area contributed by atoms with Gasteiger partial charge in [0.2, 0.25) is 0 Å². The molecule has 0 aromatic carbocycles. The Labute approximate surface area is 68.8 Å². The standard InChI is InChI=1S/C6H8N4O2/c1-9-2-3-10-5(9)7-4(11)8-6(10)12/h2-3,5H,1H3,(H2,7,8,11,12). The number of hydrogen-bond donors (Lipinski definition) is 2. The molecule has 4 amide bonds. The lowest BCUT2D eigenvalue weighted by Gasteiger charge is -2.32. The Hall–Kier alpha value is -1.72. The van der Waals surface area contributed by atoms with E-state index in [1.165, 1.54) is 4.90 Å². The summed E-state index contributed by atoms with van der Waals surface area (Å²) >= 11 is 0. The van der Waals surface area contributed by atoms with Crippen LogP contribution < -0.4 is 10.6 Å². The van der Waals surface area contributed by atoms with E-state index in [-0.39, 0.29) is 6.29 Å². The fourth-order valence-electron chi connectivity index (χ4n) is 1.20. The van der Waals surface area contributed by atoms with Crippen LogP contribution in [0.2, 0.25) is 0 Å². The molecule has 2 rings (SSSR count). The van der Waals surface area contributed by atoms with Crippen molar-refractivity contribution < 1.29 is 9.59 Å². The van der Waals surface area contributed by atoms with Crippen LogP contribution in [0.1, 0.15) is 0 Å². The maximum atomic E-state index is 11.1. The van der Waals surface area contributed by atoms with Crippen molar-refractivity contribution in [3.8, 4) is 0 Å². The number of nitrogens with one attached hydrogen (secondary N) is 2. The summed E-state index contributed by atoms with van der Waals surface area (Å²) in [6, 6.07) is -0.860. The normalized spacial score (nSPS) is 26.9. The Morgan fingerprint density at radius 1 is 1.42 bits per heavy atom. The number of fused-ring (bicyclic) bond motifs is 1. The highest BCUT2D eigenvalue weighted by atomic mass is 16.2. The fourth-order valence-corrected chi connectivity index (χ4v) is 1.20. The smallest absolute Gasteiger partial charge is 0.332 e. The molecule has 0 aromatic rings. The first-order valence-corrected chi connectivity index (χ1v) is 3.48. The highest BCUT2D eigenvalue weighted by molar-refractivity contribution is 5.96. The van der Waals surface area contributed by atoms with Gasteiger partial charge in [-0.3, -0.25) is 15.5 Å². The van der Waals surface area contributed by atoms with E-state index in [1.54, 1.807) is 24.3 Å². The number of urea groups is 2. The number of nitrogens with zero attached hydrogens (tertiary/aromatic N) is 2. The van der Waals surface area contributed by atoms with Crippen LogP contribution in [-0.2, 0) is 0 Å². The van der Waals surface area contributed by atoms with Crippen molar-refractivity contribution in [3.63, 3.8) is 0 Å². The molecule has 12 heavy (non-hydrogen) atoms. The molecule has 0 aromatic heterocycles. The van der Waals surface area contributed by atoms with Crippen molar-refractivity contribution in [1.82, 2.24) is 20.4 Å². The van der Waals surface area contributed by atoms with Crippen LogP contribution in [0.25, 0.3) is 0 Å². The summed E-state index contributed by atoms with van der Waals surface area (Å²) in [4.78, 5) is 25.1. The molecule has 6 heteroatoms. The van der Waals surface area contributed by atoms with E-state index in [2.05, 4.69) is 10.6 Å². The van der Waals surface area contributed by atoms with Gasteiger partial charge in [0.1, 0.15) is 0 Å². The summed E-state index contributed by atoms with van der Waals surface area (Å²) in [6.45, 7) is 0. The largest absolute Gasteiger partial charge is 0.342 e. The Morgan fingerprint density at radius 2 is 2.17 bits per heavy atom. The van der Waals surface area contributed by atoms with Gasteiger partial charge in [-0.05, 0) is 0 Å². The Balaban J connectivity index is 2.23. The van der Waals surface area contributed by atoms with E-state index in [0.717, 1.165) is 0 Å². The molecule has 2 heterocycles. The molecule has 2 aliphatic heterocycles. The lowest BCUT2D eigenvalue weighted by molar-refractivity contribution is 0.130. The van der Waals surface area contributed by atoms with E-state index in [0.29, 0.717) is 0 Å². The van der Waals surface area contributed by atoms with E-state index in [4.69, 9.17) is 0 Å². The third kappa shape index (κ3) is 0.810. The average molecular weight is 168 g/mol. The summed E-state index contributed by atoms with van der Waals surface area (Å²) < 4.78 is 0. The van der Waals surface area contributed by atoms with Crippen LogP contribution in [-0.4, -0.2) is 35.2 Å². The minimum Gasteiger partial charge on any atom is -0.342 e. The molecule has 64 valence electrons. The van der Waals surface area contributed by atoms with E-state index in [9.17, 15) is 9.59 Å². The molecular formula is C6H8N4O2. The van der Waals surface area contributed by atoms with Crippen molar-refractivity contribution in [2.24, 2.45) is 0 Å². The topological polar surface area (TPSA) is 64.7 Å². The average Bonchev–Trinajstić information content (AvgIpc) is 2.33. The molecule has 0 bridgehead atoms. The molecule has 1 saturated heterocycles. The third-order valence-electron chi connectivity index (χ3n) is 1.83. The molecule has 1 fully saturated rings. The van der Waals surface area contributed by atoms with Crippen molar-refractivity contribution in [1.29, 1.82) is 0 Å². The lowest BCUT2D eigenvalue weighted by Crippen LogP contribution is -2.63. The highest BCUT2D eigenvalue weighted by Gasteiger charge is 2.35. The van der Waals surface area contributed by atoms with Gasteiger partial charge in [-0.25, -0.2) is 9.59 Å². The number of amides is 4. The van der Waals surface area contributed by atoms with Gasteiger partial charge < -0.3 is 4.90 Å². The van der Waals surface area contributed by atoms with Crippen molar-refractivity contribution in [2.45, 2.75) is 6.29 Å². The minimum atomic E-state index is -0.461. The second-order valence-corrected chi connectivity index (χ2v) is 2.65. The van der Waals surface area contributed by atoms with Gasteiger partial charge in [-0.2, -0.15) is 0 Å². The Morgan fingerprint density at radius 3 is 2.92 bits per heavy atom. The maximum Gasteiger partial charge on any atom is 0.332 e. The zero-order valence-electron chi connectivity index (χ0n) is 6.44. The quantitative estimate of drug-likeness (QED) is 0.508. The van der Waals surface area contributed by atoms with E-state index >= 15 is 0 Å². The van der Waals surface area contributed by atoms with Crippen LogP contribution in [0, 0.1) is 0 Å². The Bertz CT molecular complexity index is 275. The zero-order chi connectivity index (χ0) is 8.72. The number of imide groups is 1. The predicted octanol–water partition coefficient (Wildman–Crippen LogP) is -0.579. The molecular weight excluding hydrogens is 160 g/mol. The molecule has 0 aliphatic carbocycles. The number of carbonyl (C=O) groups excluding carboxylic acids is 2. The van der Waals surface area contributed by atoms with Crippen LogP contribution in [0.5, 0.6) is 0 Å². The summed E-state index contributed by atoms with van der Waals surface area (Å²) in [5, 5.41) is 4.71. The van der Waals surface area contributed by atoms with Crippen molar-refractivity contribution in [2.75, 3.05) is 7.05 Å². The van der Waals surface area contributed by atoms with Crippen LogP contribution in [0.15, 0.2) is 12.4 Å². The van der Waals surface area contributed by atoms with Gasteiger partial charge >= 0.3 is 12.1 Å². The molecule has 6 nitrogen and oxygen atoms in total. The minimum absolute atomic E-state index is 0.369. The fraction of sp³-hybridized carbons (Fsp3) is 0.333. The monoisotopic (exact) mass is 168 g/mol. The highest BCUT2D eigenvalue weighted by Crippen LogP contribution is 2.13. The maximum absolute atomic E-state index is 11.1. The van der Waals surface area contributed by atoms with Gasteiger partial charge in [-0.1, -0.05) is 0 Å². The zero-order valence-corrected chi connectivity index (χ0v) is 6.44. The van der Waals surface area contributed by atoms with Gasteiger partial charge in [-0.15, -0.1) is 0 Å². The predicted molar refractivity (Wildman–Crippen MR) is 39.6 cm³/mol. The summed E-state index contributed by atoms with van der Waals surface area (Å²) in [5.74, 6) is 0. The molecule has 1 atom stereocenters. The molecule has 2 aliphatic rings. The molecule has 0 saturated carbocycles. The summed E-state index contributed by atoms with van der Waals surface area (Å²) in [6.07, 6.45) is 2.96. The van der Waals surface area contributed by atoms with Gasteiger partial charge in [0.05, 0.1) is 0 Å². The van der Waals surface area contributed by atoms with Crippen molar-refractivity contribution >= 4 is 12.1 Å². The first-order valence-electron chi connectivity index (χ1n) is 3.48. The first-order chi connectivity index (χ1) is 5.68. The molecule has 1 unspecified atom stereocenters. The number of hydrogen-bond acceptors (Lipinski definition) is 3. The van der Waals surface area contributed by atoms with E-state index in [1.807, 2.05) is 0 Å². The van der Waals surface area contributed by atoms with Gasteiger partial charge in [0, 0.05) is 19.4 Å². The van der Waals surface area contributed by atoms with Crippen LogP contribution >= 0.6 is 0 Å². The summed E-state index contributed by atoms with van der Waals surface area (Å²) in [7, 11) is 1.78. The second kappa shape index (κ2) is 2.13. The molecule has 2 N–H and O–H groups in total. The van der Waals surface area contributed by atoms with Crippen LogP contribution in [0.4, 0.5) is 9.59 Å². The summed E-state index contributed by atoms with van der Waals surface area (Å²) in [5.41, 5.74) is 0. The lowest BCUT2D eigenvalue weighted by atomic mass is 10.5. The van der Waals surface area contributed by atoms with Crippen LogP contribution in [0.3, 0.4) is 0 Å². The SMILES string of the molecule is CN1C=CN2C(=O)NC(=O)NC12. The van der Waals surface area contributed by atoms with Crippen molar-refractivity contribution in [3.05, 3.63) is 12.4 Å². The third-order valence-corrected chi connectivity index (χ3v) is 1.83. The van der Waals surface area contributed by atoms with E-state index < -0.39 is 12.1 Å². The number of carbonyl (C=O) groups is 2.